The van der Waals surface area contributed by atoms with Crippen LogP contribution in [-0.4, -0.2) is 11.7 Å². The predicted molar refractivity (Wildman–Crippen MR) is 59.4 cm³/mol. The average Bonchev–Trinajstić information content (AvgIpc) is 2.46. The Kier molecular flexibility index (Phi) is 2.07. The maximum Gasteiger partial charge on any atom is 0.332 e. The molecule has 15 heavy (non-hydrogen) atoms. The lowest BCUT2D eigenvalue weighted by molar-refractivity contribution is 0.193. The van der Waals surface area contributed by atoms with E-state index in [4.69, 9.17) is 5.73 Å². The Labute approximate surface area is 90.3 Å². The van der Waals surface area contributed by atoms with E-state index in [1.54, 1.807) is 0 Å². The first-order valence-corrected chi connectivity index (χ1v) is 5.50. The number of hydrogen-bond donors (Lipinski definition) is 2. The standard InChI is InChI=1S/C11H19N3O/c1-10(2)7-4-5-11(10,3)8(6-7)13-14-9(12)15/h7H,4-6H2,1-3H3,(H3,12,14,15)/b13-8-/t7-,11-/m1/s1. The maximum absolute atomic E-state index is 10.6. The summed E-state index contributed by atoms with van der Waals surface area (Å²) in [6.45, 7) is 6.86. The van der Waals surface area contributed by atoms with E-state index in [-0.39, 0.29) is 5.41 Å². The van der Waals surface area contributed by atoms with Gasteiger partial charge < -0.3 is 5.73 Å². The summed E-state index contributed by atoms with van der Waals surface area (Å²) in [4.78, 5) is 10.6. The maximum atomic E-state index is 10.6. The Hall–Kier alpha value is -1.06. The molecule has 3 N–H and O–H groups in total. The first-order chi connectivity index (χ1) is 6.88. The van der Waals surface area contributed by atoms with Gasteiger partial charge in [-0.15, -0.1) is 0 Å². The predicted octanol–water partition coefficient (Wildman–Crippen LogP) is 1.86. The lowest BCUT2D eigenvalue weighted by atomic mass is 9.70. The van der Waals surface area contributed by atoms with Crippen LogP contribution in [0, 0.1) is 16.7 Å². The first kappa shape index (κ1) is 10.5. The van der Waals surface area contributed by atoms with E-state index in [1.807, 2.05) is 0 Å². The summed E-state index contributed by atoms with van der Waals surface area (Å²) < 4.78 is 0. The summed E-state index contributed by atoms with van der Waals surface area (Å²) in [6, 6.07) is -0.577. The van der Waals surface area contributed by atoms with E-state index >= 15 is 0 Å². The van der Waals surface area contributed by atoms with Gasteiger partial charge in [0.15, 0.2) is 0 Å². The van der Waals surface area contributed by atoms with Crippen molar-refractivity contribution < 1.29 is 4.79 Å². The van der Waals surface area contributed by atoms with E-state index in [2.05, 4.69) is 31.3 Å². The zero-order chi connectivity index (χ0) is 11.3. The second-order valence-corrected chi connectivity index (χ2v) is 5.53. The van der Waals surface area contributed by atoms with Crippen LogP contribution in [-0.2, 0) is 0 Å². The lowest BCUT2D eigenvalue weighted by Crippen LogP contribution is -2.35. The van der Waals surface area contributed by atoms with Crippen LogP contribution >= 0.6 is 0 Å². The Morgan fingerprint density at radius 1 is 1.53 bits per heavy atom. The molecule has 4 heteroatoms. The highest BCUT2D eigenvalue weighted by Gasteiger charge is 2.59. The van der Waals surface area contributed by atoms with Crippen molar-refractivity contribution in [2.45, 2.75) is 40.0 Å². The van der Waals surface area contributed by atoms with Gasteiger partial charge in [-0.3, -0.25) is 0 Å². The lowest BCUT2D eigenvalue weighted by Gasteiger charge is -2.34. The fraction of sp³-hybridized carbons (Fsp3) is 0.818. The molecule has 0 aromatic rings. The van der Waals surface area contributed by atoms with Gasteiger partial charge in [-0.25, -0.2) is 10.2 Å². The van der Waals surface area contributed by atoms with Crippen molar-refractivity contribution in [3.05, 3.63) is 0 Å². The Bertz CT molecular complexity index is 335. The molecule has 2 rings (SSSR count). The van der Waals surface area contributed by atoms with Crippen molar-refractivity contribution in [2.24, 2.45) is 27.6 Å². The van der Waals surface area contributed by atoms with Crippen LogP contribution in [0.5, 0.6) is 0 Å². The minimum atomic E-state index is -0.577. The second kappa shape index (κ2) is 2.97. The van der Waals surface area contributed by atoms with Crippen molar-refractivity contribution in [2.75, 3.05) is 0 Å². The number of primary amides is 1. The number of nitrogens with zero attached hydrogens (tertiary/aromatic N) is 1. The zero-order valence-corrected chi connectivity index (χ0v) is 9.63. The number of fused-ring (bicyclic) bond motifs is 2. The Balaban J connectivity index is 2.26. The molecule has 0 saturated heterocycles. The number of amides is 2. The number of carbonyl (C=O) groups is 1. The number of rotatable bonds is 1. The summed E-state index contributed by atoms with van der Waals surface area (Å²) in [5.74, 6) is 0.705. The van der Waals surface area contributed by atoms with Crippen LogP contribution in [0.25, 0.3) is 0 Å². The van der Waals surface area contributed by atoms with Crippen molar-refractivity contribution in [3.63, 3.8) is 0 Å². The SMILES string of the molecule is CC1(C)[C@@H]2CC[C@]1(C)/C(=N\NC(N)=O)C2. The van der Waals surface area contributed by atoms with Gasteiger partial charge in [-0.05, 0) is 30.6 Å². The molecule has 2 fully saturated rings. The number of hydrazone groups is 1. The van der Waals surface area contributed by atoms with Gasteiger partial charge in [0.2, 0.25) is 0 Å². The minimum absolute atomic E-state index is 0.139. The molecular formula is C11H19N3O. The van der Waals surface area contributed by atoms with Gasteiger partial charge in [0.1, 0.15) is 0 Å². The van der Waals surface area contributed by atoms with E-state index in [1.165, 1.54) is 12.8 Å². The van der Waals surface area contributed by atoms with Gasteiger partial charge in [0.25, 0.3) is 0 Å². The normalized spacial score (nSPS) is 39.7. The Morgan fingerprint density at radius 2 is 2.20 bits per heavy atom. The number of carbonyl (C=O) groups excluding carboxylic acids is 1. The summed E-state index contributed by atoms with van der Waals surface area (Å²) in [6.07, 6.45) is 3.45. The first-order valence-electron chi connectivity index (χ1n) is 5.50. The van der Waals surface area contributed by atoms with Crippen molar-refractivity contribution in [3.8, 4) is 0 Å². The topological polar surface area (TPSA) is 67.5 Å². The third kappa shape index (κ3) is 1.27. The van der Waals surface area contributed by atoms with Crippen LogP contribution in [0.15, 0.2) is 5.10 Å². The number of nitrogens with one attached hydrogen (secondary N) is 1. The summed E-state index contributed by atoms with van der Waals surface area (Å²) in [7, 11) is 0. The summed E-state index contributed by atoms with van der Waals surface area (Å²) in [5.41, 5.74) is 8.93. The molecule has 0 radical (unpaired) electrons. The molecule has 2 saturated carbocycles. The van der Waals surface area contributed by atoms with Crippen LogP contribution in [0.3, 0.4) is 0 Å². The zero-order valence-electron chi connectivity index (χ0n) is 9.63. The number of nitrogens with two attached hydrogens (primary N) is 1. The quantitative estimate of drug-likeness (QED) is 0.636. The van der Waals surface area contributed by atoms with Crippen LogP contribution in [0.4, 0.5) is 4.79 Å². The Morgan fingerprint density at radius 3 is 2.60 bits per heavy atom. The number of hydrogen-bond acceptors (Lipinski definition) is 2. The molecule has 2 amide bonds. The van der Waals surface area contributed by atoms with Crippen molar-refractivity contribution in [1.82, 2.24) is 5.43 Å². The van der Waals surface area contributed by atoms with Crippen molar-refractivity contribution >= 4 is 11.7 Å². The minimum Gasteiger partial charge on any atom is -0.350 e. The molecule has 84 valence electrons. The fourth-order valence-corrected chi connectivity index (χ4v) is 3.22. The smallest absolute Gasteiger partial charge is 0.332 e. The highest BCUT2D eigenvalue weighted by Crippen LogP contribution is 2.63. The molecule has 2 atom stereocenters. The molecule has 0 spiro atoms. The van der Waals surface area contributed by atoms with Gasteiger partial charge in [0, 0.05) is 11.1 Å². The highest BCUT2D eigenvalue weighted by atomic mass is 16.2. The van der Waals surface area contributed by atoms with Gasteiger partial charge >= 0.3 is 6.03 Å². The molecule has 0 aromatic heterocycles. The molecular weight excluding hydrogens is 190 g/mol. The molecule has 0 heterocycles. The summed E-state index contributed by atoms with van der Waals surface area (Å²) >= 11 is 0. The van der Waals surface area contributed by atoms with Crippen LogP contribution < -0.4 is 11.2 Å². The fourth-order valence-electron chi connectivity index (χ4n) is 3.22. The van der Waals surface area contributed by atoms with E-state index in [0.717, 1.165) is 12.1 Å². The van der Waals surface area contributed by atoms with Crippen LogP contribution in [0.2, 0.25) is 0 Å². The highest BCUT2D eigenvalue weighted by molar-refractivity contribution is 5.94. The average molecular weight is 209 g/mol. The molecule has 2 aliphatic carbocycles. The molecule has 0 aromatic carbocycles. The van der Waals surface area contributed by atoms with E-state index < -0.39 is 6.03 Å². The third-order valence-electron chi connectivity index (χ3n) is 4.81. The largest absolute Gasteiger partial charge is 0.350 e. The van der Waals surface area contributed by atoms with Crippen molar-refractivity contribution in [1.29, 1.82) is 0 Å². The third-order valence-corrected chi connectivity index (χ3v) is 4.81. The molecule has 0 aliphatic heterocycles. The second-order valence-electron chi connectivity index (χ2n) is 5.53. The van der Waals surface area contributed by atoms with Gasteiger partial charge in [-0.1, -0.05) is 20.8 Å². The molecule has 2 aliphatic rings. The summed E-state index contributed by atoms with van der Waals surface area (Å²) in [5, 5.41) is 4.16. The van der Waals surface area contributed by atoms with Gasteiger partial charge in [-0.2, -0.15) is 5.10 Å². The number of urea groups is 1. The van der Waals surface area contributed by atoms with E-state index in [9.17, 15) is 4.79 Å². The van der Waals surface area contributed by atoms with E-state index in [0.29, 0.717) is 11.3 Å². The van der Waals surface area contributed by atoms with Crippen LogP contribution in [0.1, 0.15) is 40.0 Å². The monoisotopic (exact) mass is 209 g/mol. The molecule has 4 nitrogen and oxygen atoms in total. The molecule has 0 unspecified atom stereocenters. The van der Waals surface area contributed by atoms with Gasteiger partial charge in [0.05, 0.1) is 0 Å². The molecule has 2 bridgehead atoms.